The lowest BCUT2D eigenvalue weighted by atomic mass is 10.0. The van der Waals surface area contributed by atoms with Crippen molar-refractivity contribution in [1.82, 2.24) is 15.0 Å². The standard InChI is InChI=1S/C22H27N5OS/c1-3-15(2)19-20(29-22(27-19)24-14-17-10-7-13-28-17)18-11-12-23-21(26-18)25-16-8-5-4-6-9-16/h4-6,8-9,11-12,15,17H,3,7,10,13-14H2,1-2H3,(H,24,27)(H,23,25,26). The minimum atomic E-state index is 0.287. The Morgan fingerprint density at radius 3 is 2.83 bits per heavy atom. The smallest absolute Gasteiger partial charge is 0.227 e. The van der Waals surface area contributed by atoms with Gasteiger partial charge in [0.25, 0.3) is 0 Å². The van der Waals surface area contributed by atoms with Gasteiger partial charge in [-0.05, 0) is 43.4 Å². The molecule has 2 N–H and O–H groups in total. The van der Waals surface area contributed by atoms with Crippen molar-refractivity contribution in [1.29, 1.82) is 0 Å². The number of rotatable bonds is 8. The summed E-state index contributed by atoms with van der Waals surface area (Å²) in [7, 11) is 0. The summed E-state index contributed by atoms with van der Waals surface area (Å²) in [5, 5.41) is 7.68. The molecule has 1 saturated heterocycles. The highest BCUT2D eigenvalue weighted by Crippen LogP contribution is 2.37. The molecule has 1 aromatic carbocycles. The lowest BCUT2D eigenvalue weighted by molar-refractivity contribution is 0.120. The Kier molecular flexibility index (Phi) is 6.36. The number of para-hydroxylation sites is 1. The molecule has 3 aromatic rings. The maximum Gasteiger partial charge on any atom is 0.227 e. The summed E-state index contributed by atoms with van der Waals surface area (Å²) in [4.78, 5) is 15.1. The number of nitrogens with zero attached hydrogens (tertiary/aromatic N) is 3. The normalized spacial score (nSPS) is 17.2. The van der Waals surface area contributed by atoms with Crippen molar-refractivity contribution in [2.75, 3.05) is 23.8 Å². The Morgan fingerprint density at radius 1 is 1.21 bits per heavy atom. The monoisotopic (exact) mass is 409 g/mol. The molecule has 1 fully saturated rings. The number of hydrogen-bond acceptors (Lipinski definition) is 7. The van der Waals surface area contributed by atoms with E-state index in [0.29, 0.717) is 11.9 Å². The van der Waals surface area contributed by atoms with Crippen LogP contribution >= 0.6 is 11.3 Å². The maximum atomic E-state index is 5.72. The highest BCUT2D eigenvalue weighted by molar-refractivity contribution is 7.19. The van der Waals surface area contributed by atoms with E-state index in [1.54, 1.807) is 17.5 Å². The number of anilines is 3. The summed E-state index contributed by atoms with van der Waals surface area (Å²) in [6, 6.07) is 11.9. The van der Waals surface area contributed by atoms with E-state index in [2.05, 4.69) is 29.5 Å². The molecular formula is C22H27N5OS. The molecule has 2 aromatic heterocycles. The number of hydrogen-bond donors (Lipinski definition) is 2. The average molecular weight is 410 g/mol. The minimum absolute atomic E-state index is 0.287. The minimum Gasteiger partial charge on any atom is -0.376 e. The molecule has 3 heterocycles. The van der Waals surface area contributed by atoms with Crippen LogP contribution in [0.2, 0.25) is 0 Å². The molecule has 6 nitrogen and oxygen atoms in total. The topological polar surface area (TPSA) is 72.0 Å². The van der Waals surface area contributed by atoms with Crippen LogP contribution in [0.3, 0.4) is 0 Å². The Bertz CT molecular complexity index is 924. The number of aromatic nitrogens is 3. The van der Waals surface area contributed by atoms with Crippen molar-refractivity contribution >= 4 is 28.1 Å². The largest absolute Gasteiger partial charge is 0.376 e. The quantitative estimate of drug-likeness (QED) is 0.515. The first kappa shape index (κ1) is 19.8. The van der Waals surface area contributed by atoms with E-state index >= 15 is 0 Å². The molecule has 0 spiro atoms. The molecule has 0 amide bonds. The van der Waals surface area contributed by atoms with Crippen molar-refractivity contribution in [3.63, 3.8) is 0 Å². The van der Waals surface area contributed by atoms with Crippen LogP contribution in [0.1, 0.15) is 44.7 Å². The Morgan fingerprint density at radius 2 is 2.07 bits per heavy atom. The molecule has 152 valence electrons. The fraction of sp³-hybridized carbons (Fsp3) is 0.409. The summed E-state index contributed by atoms with van der Waals surface area (Å²) in [6.07, 6.45) is 5.38. The fourth-order valence-corrected chi connectivity index (χ4v) is 4.38. The van der Waals surface area contributed by atoms with Gasteiger partial charge in [-0.25, -0.2) is 15.0 Å². The third kappa shape index (κ3) is 4.92. The summed E-state index contributed by atoms with van der Waals surface area (Å²) in [5.41, 5.74) is 2.96. The van der Waals surface area contributed by atoms with Gasteiger partial charge in [0, 0.05) is 25.0 Å². The predicted octanol–water partition coefficient (Wildman–Crippen LogP) is 5.45. The molecule has 7 heteroatoms. The Balaban J connectivity index is 1.58. The highest BCUT2D eigenvalue weighted by atomic mass is 32.1. The number of benzene rings is 1. The second-order valence-corrected chi connectivity index (χ2v) is 8.31. The molecule has 4 rings (SSSR count). The van der Waals surface area contributed by atoms with Crippen LogP contribution < -0.4 is 10.6 Å². The van der Waals surface area contributed by atoms with Gasteiger partial charge in [-0.1, -0.05) is 43.4 Å². The highest BCUT2D eigenvalue weighted by Gasteiger charge is 2.21. The van der Waals surface area contributed by atoms with E-state index in [1.807, 2.05) is 36.4 Å². The van der Waals surface area contributed by atoms with Gasteiger partial charge in [-0.15, -0.1) is 0 Å². The van der Waals surface area contributed by atoms with E-state index in [4.69, 9.17) is 14.7 Å². The fourth-order valence-electron chi connectivity index (χ4n) is 3.32. The molecule has 29 heavy (non-hydrogen) atoms. The van der Waals surface area contributed by atoms with Crippen LogP contribution in [-0.4, -0.2) is 34.2 Å². The van der Waals surface area contributed by atoms with Gasteiger partial charge in [0.15, 0.2) is 5.13 Å². The van der Waals surface area contributed by atoms with Crippen molar-refractivity contribution in [3.8, 4) is 10.6 Å². The zero-order valence-corrected chi connectivity index (χ0v) is 17.7. The molecule has 2 unspecified atom stereocenters. The van der Waals surface area contributed by atoms with Crippen LogP contribution in [0.25, 0.3) is 10.6 Å². The zero-order valence-electron chi connectivity index (χ0n) is 16.9. The molecule has 2 atom stereocenters. The summed E-state index contributed by atoms with van der Waals surface area (Å²) in [5.74, 6) is 0.950. The first-order valence-corrected chi connectivity index (χ1v) is 11.1. The number of ether oxygens (including phenoxy) is 1. The molecule has 1 aliphatic rings. The van der Waals surface area contributed by atoms with Crippen LogP contribution in [0.5, 0.6) is 0 Å². The van der Waals surface area contributed by atoms with Gasteiger partial charge in [0.1, 0.15) is 0 Å². The molecule has 0 saturated carbocycles. The van der Waals surface area contributed by atoms with Gasteiger partial charge >= 0.3 is 0 Å². The lowest BCUT2D eigenvalue weighted by Gasteiger charge is -2.09. The van der Waals surface area contributed by atoms with Gasteiger partial charge in [-0.2, -0.15) is 0 Å². The molecular weight excluding hydrogens is 382 g/mol. The first-order valence-electron chi connectivity index (χ1n) is 10.2. The summed E-state index contributed by atoms with van der Waals surface area (Å²) < 4.78 is 5.72. The molecule has 1 aliphatic heterocycles. The van der Waals surface area contributed by atoms with Gasteiger partial charge < -0.3 is 15.4 Å². The maximum absolute atomic E-state index is 5.72. The molecule has 0 bridgehead atoms. The third-order valence-corrected chi connectivity index (χ3v) is 6.21. The van der Waals surface area contributed by atoms with E-state index in [0.717, 1.165) is 59.5 Å². The van der Waals surface area contributed by atoms with Crippen molar-refractivity contribution in [2.24, 2.45) is 0 Å². The SMILES string of the molecule is CCC(C)c1nc(NCC2CCCO2)sc1-c1ccnc(Nc2ccccc2)n1. The predicted molar refractivity (Wildman–Crippen MR) is 119 cm³/mol. The second-order valence-electron chi connectivity index (χ2n) is 7.32. The Labute approximate surface area is 175 Å². The first-order chi connectivity index (χ1) is 14.2. The van der Waals surface area contributed by atoms with Gasteiger partial charge in [-0.3, -0.25) is 0 Å². The Hall–Kier alpha value is -2.51. The van der Waals surface area contributed by atoms with E-state index < -0.39 is 0 Å². The van der Waals surface area contributed by atoms with Crippen molar-refractivity contribution < 1.29 is 4.74 Å². The van der Waals surface area contributed by atoms with Crippen LogP contribution in [0.15, 0.2) is 42.6 Å². The average Bonchev–Trinajstić information content (AvgIpc) is 3.42. The van der Waals surface area contributed by atoms with Crippen LogP contribution in [0, 0.1) is 0 Å². The van der Waals surface area contributed by atoms with Gasteiger partial charge in [0.2, 0.25) is 5.95 Å². The van der Waals surface area contributed by atoms with Gasteiger partial charge in [0.05, 0.1) is 22.4 Å². The lowest BCUT2D eigenvalue weighted by Crippen LogP contribution is -2.18. The van der Waals surface area contributed by atoms with Crippen molar-refractivity contribution in [2.45, 2.75) is 45.1 Å². The van der Waals surface area contributed by atoms with Crippen LogP contribution in [-0.2, 0) is 4.74 Å². The zero-order chi connectivity index (χ0) is 20.1. The molecule has 0 radical (unpaired) electrons. The van der Waals surface area contributed by atoms with Crippen molar-refractivity contribution in [3.05, 3.63) is 48.3 Å². The summed E-state index contributed by atoms with van der Waals surface area (Å²) >= 11 is 1.66. The summed E-state index contributed by atoms with van der Waals surface area (Å²) in [6.45, 7) is 6.07. The number of nitrogens with one attached hydrogen (secondary N) is 2. The second kappa shape index (κ2) is 9.33. The van der Waals surface area contributed by atoms with Crippen LogP contribution in [0.4, 0.5) is 16.8 Å². The molecule has 0 aliphatic carbocycles. The number of thiazole rings is 1. The van der Waals surface area contributed by atoms with E-state index in [9.17, 15) is 0 Å². The third-order valence-electron chi connectivity index (χ3n) is 5.16. The van der Waals surface area contributed by atoms with E-state index in [1.165, 1.54) is 0 Å². The van der Waals surface area contributed by atoms with E-state index in [-0.39, 0.29) is 6.10 Å².